The highest BCUT2D eigenvalue weighted by Gasteiger charge is 2.20. The van der Waals surface area contributed by atoms with Crippen molar-refractivity contribution in [1.29, 1.82) is 0 Å². The zero-order valence-electron chi connectivity index (χ0n) is 16.5. The fourth-order valence-corrected chi connectivity index (χ4v) is 3.11. The second-order valence-electron chi connectivity index (χ2n) is 8.11. The Morgan fingerprint density at radius 3 is 2.46 bits per heavy atom. The van der Waals surface area contributed by atoms with Crippen molar-refractivity contribution in [2.75, 3.05) is 13.1 Å². The van der Waals surface area contributed by atoms with Gasteiger partial charge in [0, 0.05) is 37.4 Å². The molecule has 2 N–H and O–H groups in total. The largest absolute Gasteiger partial charge is 0.355 e. The quantitative estimate of drug-likeness (QED) is 0.527. The van der Waals surface area contributed by atoms with Crippen molar-refractivity contribution in [2.24, 2.45) is 0 Å². The summed E-state index contributed by atoms with van der Waals surface area (Å²) < 4.78 is 5.25. The molecule has 1 aliphatic rings. The van der Waals surface area contributed by atoms with Crippen LogP contribution >= 0.6 is 12.4 Å². The molecule has 6 nitrogen and oxygen atoms in total. The topological polar surface area (TPSA) is 80.0 Å². The molecule has 1 saturated carbocycles. The average Bonchev–Trinajstić information content (AvgIpc) is 2.88. The van der Waals surface area contributed by atoms with Crippen LogP contribution < -0.4 is 10.6 Å². The first-order chi connectivity index (χ1) is 11.9. The number of carbonyl (C=O) groups excluding carboxylic acids is 1. The lowest BCUT2D eigenvalue weighted by molar-refractivity contribution is -0.121. The molecule has 1 aromatic heterocycles. The number of nitrogens with zero attached hydrogens (tertiary/aromatic N) is 2. The van der Waals surface area contributed by atoms with E-state index in [1.165, 1.54) is 38.5 Å². The van der Waals surface area contributed by atoms with Crippen LogP contribution in [0.25, 0.3) is 0 Å². The molecule has 0 unspecified atom stereocenters. The highest BCUT2D eigenvalue weighted by molar-refractivity contribution is 5.85. The summed E-state index contributed by atoms with van der Waals surface area (Å²) in [6.07, 6.45) is 9.82. The summed E-state index contributed by atoms with van der Waals surface area (Å²) in [5.74, 6) is 1.43. The maximum atomic E-state index is 11.9. The van der Waals surface area contributed by atoms with Crippen molar-refractivity contribution in [1.82, 2.24) is 20.8 Å². The second-order valence-corrected chi connectivity index (χ2v) is 8.11. The third-order valence-corrected chi connectivity index (χ3v) is 4.67. The van der Waals surface area contributed by atoms with Crippen LogP contribution in [0.15, 0.2) is 4.52 Å². The van der Waals surface area contributed by atoms with Gasteiger partial charge < -0.3 is 15.2 Å². The number of halogens is 1. The Morgan fingerprint density at radius 2 is 1.85 bits per heavy atom. The fraction of sp³-hybridized carbons (Fsp3) is 0.842. The van der Waals surface area contributed by atoms with E-state index in [2.05, 4.69) is 41.5 Å². The van der Waals surface area contributed by atoms with Gasteiger partial charge >= 0.3 is 0 Å². The molecule has 1 fully saturated rings. The number of nitrogens with one attached hydrogen (secondary N) is 2. The molecule has 2 rings (SSSR count). The molecule has 150 valence electrons. The first-order valence-electron chi connectivity index (χ1n) is 9.78. The van der Waals surface area contributed by atoms with Gasteiger partial charge in [-0.1, -0.05) is 51.6 Å². The summed E-state index contributed by atoms with van der Waals surface area (Å²) >= 11 is 0. The molecule has 1 aliphatic carbocycles. The van der Waals surface area contributed by atoms with Crippen LogP contribution in [-0.4, -0.2) is 35.2 Å². The minimum absolute atomic E-state index is 0. The van der Waals surface area contributed by atoms with Crippen molar-refractivity contribution >= 4 is 18.3 Å². The summed E-state index contributed by atoms with van der Waals surface area (Å²) in [6, 6.07) is 0.633. The van der Waals surface area contributed by atoms with E-state index in [1.807, 2.05) is 0 Å². The summed E-state index contributed by atoms with van der Waals surface area (Å²) in [6.45, 7) is 7.72. The van der Waals surface area contributed by atoms with Gasteiger partial charge in [0.15, 0.2) is 5.82 Å². The smallest absolute Gasteiger partial charge is 0.226 e. The van der Waals surface area contributed by atoms with E-state index in [0.29, 0.717) is 31.3 Å². The molecule has 26 heavy (non-hydrogen) atoms. The molecular weight excluding hydrogens is 352 g/mol. The Bertz CT molecular complexity index is 520. The molecule has 0 saturated heterocycles. The lowest BCUT2D eigenvalue weighted by atomic mass is 9.96. The molecule has 0 radical (unpaired) electrons. The van der Waals surface area contributed by atoms with E-state index < -0.39 is 0 Å². The number of hydrogen-bond acceptors (Lipinski definition) is 5. The van der Waals surface area contributed by atoms with E-state index in [0.717, 1.165) is 18.8 Å². The standard InChI is InChI=1S/C19H34N4O2.ClH/c1-19(2,3)18-22-17(25-23-18)12-8-11-16(24)21-14-13-20-15-9-6-4-5-7-10-15;/h15,20H,4-14H2,1-3H3,(H,21,24);1H. The normalized spacial score (nSPS) is 16.0. The summed E-state index contributed by atoms with van der Waals surface area (Å²) in [4.78, 5) is 16.3. The molecular formula is C19H35ClN4O2. The SMILES string of the molecule is CC(C)(C)c1noc(CCCC(=O)NCCNC2CCCCCC2)n1.Cl. The van der Waals surface area contributed by atoms with E-state index in [1.54, 1.807) is 0 Å². The molecule has 1 heterocycles. The van der Waals surface area contributed by atoms with Gasteiger partial charge in [-0.05, 0) is 19.3 Å². The molecule has 0 aliphatic heterocycles. The molecule has 0 aromatic carbocycles. The number of rotatable bonds is 8. The minimum atomic E-state index is -0.108. The molecule has 7 heteroatoms. The summed E-state index contributed by atoms with van der Waals surface area (Å²) in [7, 11) is 0. The van der Waals surface area contributed by atoms with E-state index in [9.17, 15) is 4.79 Å². The van der Waals surface area contributed by atoms with Gasteiger partial charge in [0.1, 0.15) is 0 Å². The van der Waals surface area contributed by atoms with Crippen molar-refractivity contribution in [3.8, 4) is 0 Å². The van der Waals surface area contributed by atoms with Gasteiger partial charge in [-0.3, -0.25) is 4.79 Å². The maximum absolute atomic E-state index is 11.9. The Balaban J connectivity index is 0.00000338. The van der Waals surface area contributed by atoms with E-state index >= 15 is 0 Å². The van der Waals surface area contributed by atoms with Gasteiger partial charge in [-0.15, -0.1) is 12.4 Å². The zero-order valence-corrected chi connectivity index (χ0v) is 17.3. The minimum Gasteiger partial charge on any atom is -0.355 e. The highest BCUT2D eigenvalue weighted by Crippen LogP contribution is 2.19. The molecule has 1 amide bonds. The van der Waals surface area contributed by atoms with Crippen LogP contribution in [0.1, 0.15) is 83.9 Å². The van der Waals surface area contributed by atoms with Crippen LogP contribution in [0, 0.1) is 0 Å². The average molecular weight is 387 g/mol. The summed E-state index contributed by atoms with van der Waals surface area (Å²) in [5, 5.41) is 10.6. The fourth-order valence-electron chi connectivity index (χ4n) is 3.11. The number of aryl methyl sites for hydroxylation is 1. The number of amides is 1. The molecule has 0 bridgehead atoms. The monoisotopic (exact) mass is 386 g/mol. The Hall–Kier alpha value is -1.14. The van der Waals surface area contributed by atoms with Gasteiger partial charge in [-0.2, -0.15) is 4.98 Å². The number of carbonyl (C=O) groups is 1. The Labute approximate surface area is 163 Å². The van der Waals surface area contributed by atoms with Gasteiger partial charge in [0.05, 0.1) is 0 Å². The van der Waals surface area contributed by atoms with Crippen LogP contribution in [0.4, 0.5) is 0 Å². The number of hydrogen-bond donors (Lipinski definition) is 2. The van der Waals surface area contributed by atoms with Crippen LogP contribution in [0.3, 0.4) is 0 Å². The summed E-state index contributed by atoms with van der Waals surface area (Å²) in [5.41, 5.74) is -0.108. The van der Waals surface area contributed by atoms with Gasteiger partial charge in [-0.25, -0.2) is 0 Å². The van der Waals surface area contributed by atoms with Crippen LogP contribution in [0.2, 0.25) is 0 Å². The Morgan fingerprint density at radius 1 is 1.15 bits per heavy atom. The number of aromatic nitrogens is 2. The third-order valence-electron chi connectivity index (χ3n) is 4.67. The third kappa shape index (κ3) is 8.49. The van der Waals surface area contributed by atoms with Gasteiger partial charge in [0.25, 0.3) is 0 Å². The van der Waals surface area contributed by atoms with Crippen LogP contribution in [-0.2, 0) is 16.6 Å². The van der Waals surface area contributed by atoms with Crippen molar-refractivity contribution in [3.63, 3.8) is 0 Å². The molecule has 0 spiro atoms. The first-order valence-corrected chi connectivity index (χ1v) is 9.78. The first kappa shape index (κ1) is 22.9. The molecule has 0 atom stereocenters. The molecule has 1 aromatic rings. The van der Waals surface area contributed by atoms with Crippen molar-refractivity contribution in [2.45, 2.75) is 90.0 Å². The lowest BCUT2D eigenvalue weighted by Crippen LogP contribution is -2.36. The van der Waals surface area contributed by atoms with E-state index in [-0.39, 0.29) is 23.7 Å². The zero-order chi connectivity index (χ0) is 18.1. The predicted octanol–water partition coefficient (Wildman–Crippen LogP) is 3.54. The second kappa shape index (κ2) is 11.5. The Kier molecular flexibility index (Phi) is 10.2. The van der Waals surface area contributed by atoms with Crippen molar-refractivity contribution < 1.29 is 9.32 Å². The predicted molar refractivity (Wildman–Crippen MR) is 106 cm³/mol. The lowest BCUT2D eigenvalue weighted by Gasteiger charge is -2.16. The highest BCUT2D eigenvalue weighted by atomic mass is 35.5. The van der Waals surface area contributed by atoms with E-state index in [4.69, 9.17) is 4.52 Å². The van der Waals surface area contributed by atoms with Gasteiger partial charge in [0.2, 0.25) is 11.8 Å². The van der Waals surface area contributed by atoms with Crippen LogP contribution in [0.5, 0.6) is 0 Å². The maximum Gasteiger partial charge on any atom is 0.226 e. The van der Waals surface area contributed by atoms with Crippen molar-refractivity contribution in [3.05, 3.63) is 11.7 Å².